The van der Waals surface area contributed by atoms with Gasteiger partial charge in [-0.2, -0.15) is 0 Å². The van der Waals surface area contributed by atoms with E-state index >= 15 is 0 Å². The standard InChI is InChI=1S/C12H18N2O2/c1-16-11-3-6-14(7-4-11)12-8-10(9-15)2-5-13-12/h2,5,8,11,15H,3-4,6-7,9H2,1H3. The lowest BCUT2D eigenvalue weighted by Crippen LogP contribution is -2.37. The Bertz CT molecular complexity index is 336. The fourth-order valence-electron chi connectivity index (χ4n) is 2.05. The van der Waals surface area contributed by atoms with E-state index in [0.29, 0.717) is 6.10 Å². The van der Waals surface area contributed by atoms with Gasteiger partial charge in [0.1, 0.15) is 5.82 Å². The summed E-state index contributed by atoms with van der Waals surface area (Å²) in [4.78, 5) is 6.58. The fourth-order valence-corrected chi connectivity index (χ4v) is 2.05. The van der Waals surface area contributed by atoms with Gasteiger partial charge in [0, 0.05) is 26.4 Å². The largest absolute Gasteiger partial charge is 0.392 e. The van der Waals surface area contributed by atoms with Gasteiger partial charge in [0.05, 0.1) is 12.7 Å². The number of anilines is 1. The summed E-state index contributed by atoms with van der Waals surface area (Å²) >= 11 is 0. The number of nitrogens with zero attached hydrogens (tertiary/aromatic N) is 2. The van der Waals surface area contributed by atoms with E-state index in [2.05, 4.69) is 9.88 Å². The van der Waals surface area contributed by atoms with Crippen LogP contribution in [0.3, 0.4) is 0 Å². The Labute approximate surface area is 95.9 Å². The molecule has 1 aliphatic heterocycles. The van der Waals surface area contributed by atoms with Gasteiger partial charge in [-0.15, -0.1) is 0 Å². The third-order valence-corrected chi connectivity index (χ3v) is 3.09. The second-order valence-corrected chi connectivity index (χ2v) is 4.10. The average molecular weight is 222 g/mol. The molecule has 1 N–H and O–H groups in total. The van der Waals surface area contributed by atoms with Crippen molar-refractivity contribution in [3.63, 3.8) is 0 Å². The Hall–Kier alpha value is -1.13. The predicted molar refractivity (Wildman–Crippen MR) is 62.4 cm³/mol. The number of methoxy groups -OCH3 is 1. The first-order valence-electron chi connectivity index (χ1n) is 5.67. The molecule has 1 aliphatic rings. The van der Waals surface area contributed by atoms with Crippen LogP contribution in [0.15, 0.2) is 18.3 Å². The smallest absolute Gasteiger partial charge is 0.128 e. The van der Waals surface area contributed by atoms with Gasteiger partial charge in [0.2, 0.25) is 0 Å². The van der Waals surface area contributed by atoms with Crippen LogP contribution in [0.5, 0.6) is 0 Å². The lowest BCUT2D eigenvalue weighted by Gasteiger charge is -2.32. The van der Waals surface area contributed by atoms with Crippen molar-refractivity contribution in [3.8, 4) is 0 Å². The summed E-state index contributed by atoms with van der Waals surface area (Å²) in [5.41, 5.74) is 0.916. The van der Waals surface area contributed by atoms with Gasteiger partial charge in [0.15, 0.2) is 0 Å². The van der Waals surface area contributed by atoms with Crippen LogP contribution < -0.4 is 4.90 Å². The maximum atomic E-state index is 9.07. The summed E-state index contributed by atoms with van der Waals surface area (Å²) in [7, 11) is 1.77. The molecular formula is C12H18N2O2. The Morgan fingerprint density at radius 1 is 1.50 bits per heavy atom. The zero-order chi connectivity index (χ0) is 11.4. The van der Waals surface area contributed by atoms with Crippen LogP contribution in [0.2, 0.25) is 0 Å². The van der Waals surface area contributed by atoms with Crippen molar-refractivity contribution in [1.29, 1.82) is 0 Å². The van der Waals surface area contributed by atoms with Crippen molar-refractivity contribution in [1.82, 2.24) is 4.98 Å². The summed E-state index contributed by atoms with van der Waals surface area (Å²) < 4.78 is 5.33. The predicted octanol–water partition coefficient (Wildman–Crippen LogP) is 1.19. The topological polar surface area (TPSA) is 45.6 Å². The first-order valence-corrected chi connectivity index (χ1v) is 5.67. The van der Waals surface area contributed by atoms with E-state index in [1.807, 2.05) is 12.1 Å². The summed E-state index contributed by atoms with van der Waals surface area (Å²) in [6.45, 7) is 2.02. The molecular weight excluding hydrogens is 204 g/mol. The Balaban J connectivity index is 2.02. The highest BCUT2D eigenvalue weighted by Gasteiger charge is 2.19. The summed E-state index contributed by atoms with van der Waals surface area (Å²) in [5.74, 6) is 0.959. The molecule has 16 heavy (non-hydrogen) atoms. The van der Waals surface area contributed by atoms with Gasteiger partial charge in [-0.05, 0) is 30.5 Å². The summed E-state index contributed by atoms with van der Waals surface area (Å²) in [6.07, 6.45) is 4.23. The lowest BCUT2D eigenvalue weighted by molar-refractivity contribution is 0.0818. The van der Waals surface area contributed by atoms with E-state index in [1.54, 1.807) is 13.3 Å². The van der Waals surface area contributed by atoms with E-state index in [9.17, 15) is 0 Å². The fraction of sp³-hybridized carbons (Fsp3) is 0.583. The molecule has 2 rings (SSSR count). The number of pyridine rings is 1. The highest BCUT2D eigenvalue weighted by Crippen LogP contribution is 2.19. The van der Waals surface area contributed by atoms with E-state index in [-0.39, 0.29) is 6.61 Å². The van der Waals surface area contributed by atoms with Gasteiger partial charge in [0.25, 0.3) is 0 Å². The van der Waals surface area contributed by atoms with Crippen molar-refractivity contribution >= 4 is 5.82 Å². The number of piperidine rings is 1. The highest BCUT2D eigenvalue weighted by atomic mass is 16.5. The summed E-state index contributed by atoms with van der Waals surface area (Å²) in [5, 5.41) is 9.07. The normalized spacial score (nSPS) is 17.8. The first-order chi connectivity index (χ1) is 7.83. The molecule has 0 radical (unpaired) electrons. The molecule has 1 fully saturated rings. The number of aliphatic hydroxyl groups excluding tert-OH is 1. The van der Waals surface area contributed by atoms with Gasteiger partial charge >= 0.3 is 0 Å². The molecule has 88 valence electrons. The van der Waals surface area contributed by atoms with E-state index in [0.717, 1.165) is 37.3 Å². The lowest BCUT2D eigenvalue weighted by atomic mass is 10.1. The minimum atomic E-state index is 0.0735. The van der Waals surface area contributed by atoms with Gasteiger partial charge in [-0.25, -0.2) is 4.98 Å². The van der Waals surface area contributed by atoms with Crippen LogP contribution >= 0.6 is 0 Å². The van der Waals surface area contributed by atoms with Crippen LogP contribution in [-0.2, 0) is 11.3 Å². The molecule has 2 heterocycles. The van der Waals surface area contributed by atoms with Gasteiger partial charge in [-0.1, -0.05) is 0 Å². The molecule has 4 nitrogen and oxygen atoms in total. The molecule has 0 aliphatic carbocycles. The van der Waals surface area contributed by atoms with Crippen molar-refractivity contribution in [2.45, 2.75) is 25.6 Å². The average Bonchev–Trinajstić information content (AvgIpc) is 2.39. The van der Waals surface area contributed by atoms with E-state index in [4.69, 9.17) is 9.84 Å². The highest BCUT2D eigenvalue weighted by molar-refractivity contribution is 5.41. The number of hydrogen-bond acceptors (Lipinski definition) is 4. The molecule has 0 spiro atoms. The van der Waals surface area contributed by atoms with Crippen LogP contribution in [0.1, 0.15) is 18.4 Å². The molecule has 0 aromatic carbocycles. The number of rotatable bonds is 3. The molecule has 0 amide bonds. The number of ether oxygens (including phenoxy) is 1. The molecule has 1 aromatic heterocycles. The van der Waals surface area contributed by atoms with Crippen LogP contribution in [0, 0.1) is 0 Å². The Morgan fingerprint density at radius 3 is 2.88 bits per heavy atom. The van der Waals surface area contributed by atoms with Gasteiger partial charge < -0.3 is 14.7 Å². The van der Waals surface area contributed by atoms with Crippen molar-refractivity contribution < 1.29 is 9.84 Å². The Morgan fingerprint density at radius 2 is 2.25 bits per heavy atom. The van der Waals surface area contributed by atoms with Crippen molar-refractivity contribution in [3.05, 3.63) is 23.9 Å². The molecule has 0 saturated carbocycles. The molecule has 0 atom stereocenters. The minimum Gasteiger partial charge on any atom is -0.392 e. The summed E-state index contributed by atoms with van der Waals surface area (Å²) in [6, 6.07) is 3.79. The zero-order valence-corrected chi connectivity index (χ0v) is 9.59. The monoisotopic (exact) mass is 222 g/mol. The zero-order valence-electron chi connectivity index (χ0n) is 9.59. The SMILES string of the molecule is COC1CCN(c2cc(CO)ccn2)CC1. The molecule has 1 saturated heterocycles. The third-order valence-electron chi connectivity index (χ3n) is 3.09. The molecule has 0 bridgehead atoms. The second kappa shape index (κ2) is 5.27. The maximum Gasteiger partial charge on any atom is 0.128 e. The second-order valence-electron chi connectivity index (χ2n) is 4.10. The van der Waals surface area contributed by atoms with E-state index < -0.39 is 0 Å². The first kappa shape index (κ1) is 11.4. The molecule has 1 aromatic rings. The van der Waals surface area contributed by atoms with Crippen LogP contribution in [0.25, 0.3) is 0 Å². The number of hydrogen-bond donors (Lipinski definition) is 1. The minimum absolute atomic E-state index is 0.0735. The van der Waals surface area contributed by atoms with Crippen molar-refractivity contribution in [2.24, 2.45) is 0 Å². The number of aromatic nitrogens is 1. The van der Waals surface area contributed by atoms with Crippen molar-refractivity contribution in [2.75, 3.05) is 25.1 Å². The van der Waals surface area contributed by atoms with Gasteiger partial charge in [-0.3, -0.25) is 0 Å². The Kier molecular flexibility index (Phi) is 3.74. The van der Waals surface area contributed by atoms with E-state index in [1.165, 1.54) is 0 Å². The van der Waals surface area contributed by atoms with Crippen LogP contribution in [0.4, 0.5) is 5.82 Å². The molecule has 0 unspecified atom stereocenters. The van der Waals surface area contributed by atoms with Crippen LogP contribution in [-0.4, -0.2) is 36.4 Å². The molecule has 4 heteroatoms. The third kappa shape index (κ3) is 2.51. The quantitative estimate of drug-likeness (QED) is 0.834. The number of aliphatic hydroxyl groups is 1. The maximum absolute atomic E-state index is 9.07.